The van der Waals surface area contributed by atoms with E-state index in [0.29, 0.717) is 54.7 Å². The van der Waals surface area contributed by atoms with Crippen LogP contribution in [0, 0.1) is 20.8 Å². The van der Waals surface area contributed by atoms with Crippen molar-refractivity contribution in [3.8, 4) is 11.5 Å². The Bertz CT molecular complexity index is 2440. The van der Waals surface area contributed by atoms with Crippen LogP contribution in [-0.2, 0) is 26.2 Å². The van der Waals surface area contributed by atoms with E-state index < -0.39 is 5.91 Å². The summed E-state index contributed by atoms with van der Waals surface area (Å²) in [5.41, 5.74) is 13.0. The van der Waals surface area contributed by atoms with Gasteiger partial charge in [-0.05, 0) is 70.5 Å². The number of imidazole rings is 1. The lowest BCUT2D eigenvalue weighted by molar-refractivity contribution is 0.0996. The predicted octanol–water partition coefficient (Wildman–Crippen LogP) is 5.57. The molecule has 7 aromatic rings. The van der Waals surface area contributed by atoms with Crippen LogP contribution in [0.3, 0.4) is 0 Å². The molecule has 2 amide bonds. The van der Waals surface area contributed by atoms with Crippen molar-refractivity contribution in [3.63, 3.8) is 0 Å². The molecule has 0 fully saturated rings. The zero-order chi connectivity index (χ0) is 34.4. The van der Waals surface area contributed by atoms with E-state index in [-0.39, 0.29) is 5.91 Å². The predicted molar refractivity (Wildman–Crippen MR) is 189 cm³/mol. The van der Waals surface area contributed by atoms with Gasteiger partial charge < -0.3 is 14.9 Å². The monoisotopic (exact) mass is 655 g/mol. The Hall–Kier alpha value is -6.11. The van der Waals surface area contributed by atoms with Crippen molar-refractivity contribution in [2.45, 2.75) is 60.8 Å². The fraction of sp³-hybridized carbons (Fsp3) is 0.250. The van der Waals surface area contributed by atoms with Gasteiger partial charge in [-0.25, -0.2) is 15.0 Å². The van der Waals surface area contributed by atoms with Crippen LogP contribution in [0.4, 0.5) is 5.95 Å². The summed E-state index contributed by atoms with van der Waals surface area (Å²) >= 11 is 0. The third-order valence-corrected chi connectivity index (χ3v) is 8.66. The van der Waals surface area contributed by atoms with Gasteiger partial charge in [0.15, 0.2) is 5.82 Å². The minimum atomic E-state index is -0.542. The third-order valence-electron chi connectivity index (χ3n) is 8.66. The summed E-state index contributed by atoms with van der Waals surface area (Å²) in [5, 5.41) is 14.0. The van der Waals surface area contributed by atoms with E-state index in [2.05, 4.69) is 45.2 Å². The fourth-order valence-corrected chi connectivity index (χ4v) is 6.48. The van der Waals surface area contributed by atoms with Gasteiger partial charge >= 0.3 is 0 Å². The number of rotatable bonds is 10. The number of benzene rings is 2. The van der Waals surface area contributed by atoms with Gasteiger partial charge in [0.05, 0.1) is 27.9 Å². The molecule has 248 valence electrons. The van der Waals surface area contributed by atoms with Crippen LogP contribution in [0.5, 0.6) is 0 Å². The molecular weight excluding hydrogens is 618 g/mol. The number of carbonyl (C=O) groups excluding carboxylic acids is 2. The number of para-hydroxylation sites is 1. The van der Waals surface area contributed by atoms with Crippen molar-refractivity contribution in [2.24, 2.45) is 5.73 Å². The lowest BCUT2D eigenvalue weighted by atomic mass is 10.1. The van der Waals surface area contributed by atoms with Crippen LogP contribution in [0.25, 0.3) is 44.5 Å². The smallest absolute Gasteiger partial charge is 0.276 e. The molecule has 0 aliphatic rings. The number of aromatic nitrogens is 9. The first-order valence-corrected chi connectivity index (χ1v) is 16.3. The number of nitrogens with zero attached hydrogens (tertiary/aromatic N) is 9. The summed E-state index contributed by atoms with van der Waals surface area (Å²) in [7, 11) is 0. The summed E-state index contributed by atoms with van der Waals surface area (Å²) in [6.07, 6.45) is 6.01. The maximum Gasteiger partial charge on any atom is 0.276 e. The van der Waals surface area contributed by atoms with Crippen molar-refractivity contribution in [2.75, 3.05) is 5.32 Å². The lowest BCUT2D eigenvalue weighted by Gasteiger charge is -2.10. The summed E-state index contributed by atoms with van der Waals surface area (Å²) in [5.74, 6) is 0.113. The molecule has 0 aliphatic heterocycles. The maximum absolute atomic E-state index is 13.5. The molecule has 0 atom stereocenters. The van der Waals surface area contributed by atoms with Crippen molar-refractivity contribution < 1.29 is 9.59 Å². The molecule has 0 spiro atoms. The van der Waals surface area contributed by atoms with Crippen LogP contribution in [0.2, 0.25) is 0 Å². The molecule has 5 aromatic heterocycles. The average molecular weight is 656 g/mol. The van der Waals surface area contributed by atoms with Crippen LogP contribution in [0.1, 0.15) is 51.6 Å². The van der Waals surface area contributed by atoms with Gasteiger partial charge in [0.2, 0.25) is 11.9 Å². The number of amides is 2. The van der Waals surface area contributed by atoms with Crippen molar-refractivity contribution in [3.05, 3.63) is 95.1 Å². The minimum Gasteiger partial charge on any atom is -0.366 e. The van der Waals surface area contributed by atoms with E-state index in [1.165, 1.54) is 0 Å². The first kappa shape index (κ1) is 31.5. The molecule has 0 saturated heterocycles. The Morgan fingerprint density at radius 2 is 1.57 bits per heavy atom. The standard InChI is InChI=1S/C36H37N11O2/c1-6-46-29(17-22(4)42-46)33-38-20-26-25-12-8-9-13-28(25)44(34(26)40-33)14-10-11-15-45-31-21(3)16-24(32(37)48)19-27(31)39-36(45)41-35(49)30-18-23(5)43-47(30)7-2/h8-13,16-20H,6-7,14-15H2,1-5H3,(H2,37,48)(H,39,41,49)/b11-10+. The SMILES string of the molecule is CCn1nc(C)cc1C(=O)Nc1nc2cc(C(N)=O)cc(C)c2n1C/C=C/Cn1c2ccccc2c2cnc(-c3cc(C)nn3CC)nc21. The number of aryl methyl sites for hydroxylation is 5. The molecule has 7 rings (SSSR count). The molecule has 3 N–H and O–H groups in total. The van der Waals surface area contributed by atoms with E-state index in [4.69, 9.17) is 20.7 Å². The van der Waals surface area contributed by atoms with Gasteiger partial charge in [0.25, 0.3) is 5.91 Å². The fourth-order valence-electron chi connectivity index (χ4n) is 6.48. The van der Waals surface area contributed by atoms with Gasteiger partial charge in [0.1, 0.15) is 17.0 Å². The van der Waals surface area contributed by atoms with Gasteiger partial charge in [0, 0.05) is 48.7 Å². The molecule has 0 unspecified atom stereocenters. The van der Waals surface area contributed by atoms with Gasteiger partial charge in [-0.15, -0.1) is 0 Å². The number of allylic oxidation sites excluding steroid dienone is 2. The summed E-state index contributed by atoms with van der Waals surface area (Å²) in [6, 6.07) is 15.4. The highest BCUT2D eigenvalue weighted by Crippen LogP contribution is 2.30. The molecule has 0 aliphatic carbocycles. The lowest BCUT2D eigenvalue weighted by Crippen LogP contribution is -2.20. The number of fused-ring (bicyclic) bond motifs is 4. The van der Waals surface area contributed by atoms with Crippen molar-refractivity contribution in [1.82, 2.24) is 43.6 Å². The molecule has 49 heavy (non-hydrogen) atoms. The Morgan fingerprint density at radius 3 is 2.33 bits per heavy atom. The molecule has 0 saturated carbocycles. The number of nitrogens with two attached hydrogens (primary N) is 1. The number of anilines is 1. The van der Waals surface area contributed by atoms with Gasteiger partial charge in [-0.1, -0.05) is 30.4 Å². The quantitative estimate of drug-likeness (QED) is 0.183. The summed E-state index contributed by atoms with van der Waals surface area (Å²) < 4.78 is 7.69. The van der Waals surface area contributed by atoms with E-state index in [0.717, 1.165) is 50.1 Å². The first-order chi connectivity index (χ1) is 23.7. The molecule has 5 heterocycles. The summed E-state index contributed by atoms with van der Waals surface area (Å²) in [4.78, 5) is 40.0. The van der Waals surface area contributed by atoms with Crippen LogP contribution < -0.4 is 11.1 Å². The topological polar surface area (TPSA) is 156 Å². The highest BCUT2D eigenvalue weighted by Gasteiger charge is 2.20. The van der Waals surface area contributed by atoms with Crippen LogP contribution in [0.15, 0.2) is 66.9 Å². The molecule has 13 nitrogen and oxygen atoms in total. The normalized spacial score (nSPS) is 11.9. The van der Waals surface area contributed by atoms with E-state index in [1.54, 1.807) is 22.9 Å². The second-order valence-electron chi connectivity index (χ2n) is 12.0. The Morgan fingerprint density at radius 1 is 0.857 bits per heavy atom. The highest BCUT2D eigenvalue weighted by molar-refractivity contribution is 6.07. The van der Waals surface area contributed by atoms with E-state index in [9.17, 15) is 9.59 Å². The maximum atomic E-state index is 13.5. The van der Waals surface area contributed by atoms with Crippen LogP contribution in [-0.4, -0.2) is 55.5 Å². The Balaban J connectivity index is 1.25. The number of carbonyl (C=O) groups is 2. The number of nitrogens with one attached hydrogen (secondary N) is 1. The van der Waals surface area contributed by atoms with Crippen molar-refractivity contribution >= 4 is 50.7 Å². The van der Waals surface area contributed by atoms with E-state index in [1.807, 2.05) is 67.4 Å². The Labute approximate surface area is 282 Å². The van der Waals surface area contributed by atoms with Crippen LogP contribution >= 0.6 is 0 Å². The molecule has 0 bridgehead atoms. The van der Waals surface area contributed by atoms with E-state index >= 15 is 0 Å². The highest BCUT2D eigenvalue weighted by atomic mass is 16.2. The largest absolute Gasteiger partial charge is 0.366 e. The first-order valence-electron chi connectivity index (χ1n) is 16.3. The average Bonchev–Trinajstić information content (AvgIpc) is 3.84. The van der Waals surface area contributed by atoms with Gasteiger partial charge in [-0.3, -0.25) is 24.3 Å². The number of hydrogen-bond donors (Lipinski definition) is 2. The van der Waals surface area contributed by atoms with Gasteiger partial charge in [-0.2, -0.15) is 10.2 Å². The number of primary amides is 1. The molecule has 2 aromatic carbocycles. The molecule has 0 radical (unpaired) electrons. The Kier molecular flexibility index (Phi) is 8.02. The second kappa shape index (κ2) is 12.5. The zero-order valence-electron chi connectivity index (χ0n) is 28.1. The number of hydrogen-bond acceptors (Lipinski definition) is 7. The van der Waals surface area contributed by atoms with Crippen molar-refractivity contribution in [1.29, 1.82) is 0 Å². The second-order valence-corrected chi connectivity index (χ2v) is 12.0. The molecular formula is C36H37N11O2. The minimum absolute atomic E-state index is 0.323. The summed E-state index contributed by atoms with van der Waals surface area (Å²) in [6.45, 7) is 11.9. The zero-order valence-corrected chi connectivity index (χ0v) is 28.1. The molecule has 13 heteroatoms. The third kappa shape index (κ3) is 5.62.